The van der Waals surface area contributed by atoms with E-state index in [9.17, 15) is 4.79 Å². The minimum atomic E-state index is -0.960. The van der Waals surface area contributed by atoms with Crippen LogP contribution in [0.1, 0.15) is 38.2 Å². The van der Waals surface area contributed by atoms with Crippen LogP contribution >= 0.6 is 0 Å². The van der Waals surface area contributed by atoms with Gasteiger partial charge in [0.15, 0.2) is 5.84 Å². The molecular weight excluding hydrogens is 254 g/mol. The lowest BCUT2D eigenvalue weighted by molar-refractivity contribution is -0.127. The van der Waals surface area contributed by atoms with Crippen molar-refractivity contribution in [2.45, 2.75) is 38.6 Å². The number of carbonyl (C=O) groups is 1. The van der Waals surface area contributed by atoms with Crippen molar-refractivity contribution >= 4 is 11.7 Å². The number of benzene rings is 1. The van der Waals surface area contributed by atoms with Gasteiger partial charge in [-0.3, -0.25) is 4.79 Å². The van der Waals surface area contributed by atoms with E-state index in [0.717, 1.165) is 6.42 Å². The number of hydrogen-bond donors (Lipinski definition) is 3. The van der Waals surface area contributed by atoms with Gasteiger partial charge in [-0.2, -0.15) is 0 Å². The number of nitrogens with two attached hydrogens (primary N) is 1. The van der Waals surface area contributed by atoms with Crippen molar-refractivity contribution in [2.75, 3.05) is 0 Å². The minimum absolute atomic E-state index is 0.0468. The van der Waals surface area contributed by atoms with Crippen LogP contribution in [0.3, 0.4) is 0 Å². The Bertz CT molecular complexity index is 515. The van der Waals surface area contributed by atoms with Crippen LogP contribution in [-0.2, 0) is 4.79 Å². The summed E-state index contributed by atoms with van der Waals surface area (Å²) in [5.74, 6) is 0.140. The smallest absolute Gasteiger partial charge is 0.233 e. The van der Waals surface area contributed by atoms with Gasteiger partial charge in [-0.05, 0) is 25.3 Å². The van der Waals surface area contributed by atoms with Gasteiger partial charge in [0.1, 0.15) is 5.41 Å². The Balaban J connectivity index is 2.00. The average molecular weight is 275 g/mol. The fraction of sp³-hybridized carbons (Fsp3) is 0.467. The summed E-state index contributed by atoms with van der Waals surface area (Å²) < 4.78 is 0. The molecule has 1 fully saturated rings. The molecule has 108 valence electrons. The Morgan fingerprint density at radius 1 is 1.50 bits per heavy atom. The molecule has 3 unspecified atom stereocenters. The summed E-state index contributed by atoms with van der Waals surface area (Å²) in [5.41, 5.74) is 5.92. The molecule has 5 heteroatoms. The maximum atomic E-state index is 12.3. The topological polar surface area (TPSA) is 87.7 Å². The number of carbonyl (C=O) groups excluding carboxylic acids is 1. The van der Waals surface area contributed by atoms with Gasteiger partial charge in [0, 0.05) is 12.0 Å². The van der Waals surface area contributed by atoms with Crippen LogP contribution in [0.25, 0.3) is 0 Å². The van der Waals surface area contributed by atoms with Crippen molar-refractivity contribution < 1.29 is 10.0 Å². The van der Waals surface area contributed by atoms with Crippen molar-refractivity contribution in [3.05, 3.63) is 35.9 Å². The highest BCUT2D eigenvalue weighted by molar-refractivity contribution is 6.06. The number of rotatable bonds is 5. The highest BCUT2D eigenvalue weighted by Gasteiger charge is 2.44. The average Bonchev–Trinajstić information content (AvgIpc) is 3.25. The molecule has 1 aliphatic rings. The predicted octanol–water partition coefficient (Wildman–Crippen LogP) is 1.82. The zero-order valence-electron chi connectivity index (χ0n) is 11.8. The lowest BCUT2D eigenvalue weighted by atomic mass is 9.85. The molecule has 1 aromatic rings. The van der Waals surface area contributed by atoms with Gasteiger partial charge < -0.3 is 16.3 Å². The zero-order valence-corrected chi connectivity index (χ0v) is 11.8. The minimum Gasteiger partial charge on any atom is -0.409 e. The van der Waals surface area contributed by atoms with E-state index in [1.807, 2.05) is 25.1 Å². The van der Waals surface area contributed by atoms with Crippen molar-refractivity contribution in [3.63, 3.8) is 0 Å². The second kappa shape index (κ2) is 5.53. The maximum absolute atomic E-state index is 12.3. The third kappa shape index (κ3) is 2.61. The fourth-order valence-corrected chi connectivity index (χ4v) is 2.32. The number of hydrogen-bond acceptors (Lipinski definition) is 3. The third-order valence-corrected chi connectivity index (χ3v) is 4.22. The molecule has 0 bridgehead atoms. The number of nitrogens with one attached hydrogen (secondary N) is 1. The summed E-state index contributed by atoms with van der Waals surface area (Å²) in [5, 5.41) is 14.8. The van der Waals surface area contributed by atoms with Gasteiger partial charge in [-0.15, -0.1) is 0 Å². The fourth-order valence-electron chi connectivity index (χ4n) is 2.32. The largest absolute Gasteiger partial charge is 0.409 e. The molecule has 5 nitrogen and oxygen atoms in total. The van der Waals surface area contributed by atoms with E-state index < -0.39 is 5.41 Å². The van der Waals surface area contributed by atoms with Gasteiger partial charge in [0.2, 0.25) is 5.91 Å². The first kappa shape index (κ1) is 14.4. The van der Waals surface area contributed by atoms with Crippen LogP contribution < -0.4 is 11.1 Å². The van der Waals surface area contributed by atoms with Crippen molar-refractivity contribution in [1.82, 2.24) is 5.32 Å². The van der Waals surface area contributed by atoms with Gasteiger partial charge in [-0.1, -0.05) is 42.4 Å². The molecule has 4 N–H and O–H groups in total. The van der Waals surface area contributed by atoms with Crippen LogP contribution in [0.2, 0.25) is 0 Å². The second-order valence-electron chi connectivity index (χ2n) is 5.50. The normalized spacial score (nSPS) is 24.8. The van der Waals surface area contributed by atoms with Crippen LogP contribution in [-0.4, -0.2) is 23.0 Å². The summed E-state index contributed by atoms with van der Waals surface area (Å²) in [6, 6.07) is 10.3. The Morgan fingerprint density at radius 3 is 2.70 bits per heavy atom. The highest BCUT2D eigenvalue weighted by Crippen LogP contribution is 2.41. The third-order valence-electron chi connectivity index (χ3n) is 4.22. The van der Waals surface area contributed by atoms with E-state index in [1.54, 1.807) is 6.92 Å². The second-order valence-corrected chi connectivity index (χ2v) is 5.50. The van der Waals surface area contributed by atoms with E-state index in [2.05, 4.69) is 22.6 Å². The monoisotopic (exact) mass is 275 g/mol. The molecule has 1 aromatic carbocycles. The summed E-state index contributed by atoms with van der Waals surface area (Å²) in [7, 11) is 0. The van der Waals surface area contributed by atoms with Crippen molar-refractivity contribution in [2.24, 2.45) is 16.3 Å². The Kier molecular flexibility index (Phi) is 3.97. The maximum Gasteiger partial charge on any atom is 0.233 e. The molecule has 0 spiro atoms. The van der Waals surface area contributed by atoms with Crippen LogP contribution in [0.5, 0.6) is 0 Å². The Morgan fingerprint density at radius 2 is 2.15 bits per heavy atom. The highest BCUT2D eigenvalue weighted by atomic mass is 16.4. The predicted molar refractivity (Wildman–Crippen MR) is 77.5 cm³/mol. The van der Waals surface area contributed by atoms with E-state index in [4.69, 9.17) is 10.9 Å². The van der Waals surface area contributed by atoms with E-state index in [0.29, 0.717) is 12.3 Å². The summed E-state index contributed by atoms with van der Waals surface area (Å²) in [6.45, 7) is 3.54. The quantitative estimate of drug-likeness (QED) is 0.331. The first-order chi connectivity index (χ1) is 9.52. The first-order valence-electron chi connectivity index (χ1n) is 6.86. The SMILES string of the molecule is CCC(C)(C(=O)NC1CC1c1ccccc1)/C(N)=N/O. The molecule has 0 aliphatic heterocycles. The van der Waals surface area contributed by atoms with E-state index in [-0.39, 0.29) is 17.8 Å². The molecule has 2 rings (SSSR count). The molecule has 0 heterocycles. The lowest BCUT2D eigenvalue weighted by Gasteiger charge is -2.25. The van der Waals surface area contributed by atoms with Crippen molar-refractivity contribution in [1.29, 1.82) is 0 Å². The molecule has 1 amide bonds. The van der Waals surface area contributed by atoms with Gasteiger partial charge >= 0.3 is 0 Å². The molecule has 0 aromatic heterocycles. The molecule has 20 heavy (non-hydrogen) atoms. The number of amides is 1. The first-order valence-corrected chi connectivity index (χ1v) is 6.86. The number of oxime groups is 1. The lowest BCUT2D eigenvalue weighted by Crippen LogP contribution is -2.48. The molecule has 0 saturated heterocycles. The summed E-state index contributed by atoms with van der Waals surface area (Å²) in [4.78, 5) is 12.3. The number of nitrogens with zero attached hydrogens (tertiary/aromatic N) is 1. The van der Waals surface area contributed by atoms with Gasteiger partial charge in [0.25, 0.3) is 0 Å². The van der Waals surface area contributed by atoms with E-state index in [1.165, 1.54) is 5.56 Å². The standard InChI is InChI=1S/C15H21N3O2/c1-3-15(2,13(16)18-20)14(19)17-12-9-11(12)10-7-5-4-6-8-10/h4-8,11-12,20H,3,9H2,1-2H3,(H2,16,18)(H,17,19). The van der Waals surface area contributed by atoms with Crippen LogP contribution in [0.15, 0.2) is 35.5 Å². The van der Waals surface area contributed by atoms with Gasteiger partial charge in [0.05, 0.1) is 0 Å². The van der Waals surface area contributed by atoms with Crippen LogP contribution in [0, 0.1) is 5.41 Å². The zero-order chi connectivity index (χ0) is 14.8. The summed E-state index contributed by atoms with van der Waals surface area (Å²) >= 11 is 0. The Hall–Kier alpha value is -2.04. The molecule has 3 atom stereocenters. The number of amidine groups is 1. The molecular formula is C15H21N3O2. The van der Waals surface area contributed by atoms with E-state index >= 15 is 0 Å². The van der Waals surface area contributed by atoms with Gasteiger partial charge in [-0.25, -0.2) is 0 Å². The molecule has 0 radical (unpaired) electrons. The summed E-state index contributed by atoms with van der Waals surface area (Å²) in [6.07, 6.45) is 1.42. The van der Waals surface area contributed by atoms with Crippen molar-refractivity contribution in [3.8, 4) is 0 Å². The molecule has 1 aliphatic carbocycles. The van der Waals surface area contributed by atoms with Crippen LogP contribution in [0.4, 0.5) is 0 Å². The molecule has 1 saturated carbocycles. The Labute approximate surface area is 118 Å².